The molecule has 4 aromatic rings. The first-order valence-electron chi connectivity index (χ1n) is 7.72. The summed E-state index contributed by atoms with van der Waals surface area (Å²) in [5.74, 6) is 0.663. The summed E-state index contributed by atoms with van der Waals surface area (Å²) in [6, 6.07) is 15.0. The van der Waals surface area contributed by atoms with E-state index < -0.39 is 0 Å². The van der Waals surface area contributed by atoms with Crippen molar-refractivity contribution in [3.05, 3.63) is 81.8 Å². The molecule has 0 fully saturated rings. The van der Waals surface area contributed by atoms with E-state index in [2.05, 4.69) is 10.1 Å². The van der Waals surface area contributed by atoms with Crippen LogP contribution in [0, 0.1) is 0 Å². The monoisotopic (exact) mass is 365 g/mol. The first-order valence-corrected chi connectivity index (χ1v) is 8.10. The van der Waals surface area contributed by atoms with E-state index in [0.717, 1.165) is 4.68 Å². The molecule has 4 rings (SSSR count). The van der Waals surface area contributed by atoms with Crippen LogP contribution < -0.4 is 5.56 Å². The Labute approximate surface area is 152 Å². The van der Waals surface area contributed by atoms with Crippen LogP contribution in [-0.2, 0) is 0 Å². The summed E-state index contributed by atoms with van der Waals surface area (Å²) < 4.78 is 6.53. The highest BCUT2D eigenvalue weighted by atomic mass is 35.5. The van der Waals surface area contributed by atoms with Crippen LogP contribution in [-0.4, -0.2) is 21.0 Å². The van der Waals surface area contributed by atoms with Crippen LogP contribution in [0.1, 0.15) is 5.56 Å². The number of phenolic OH excluding ortho intramolecular Hbond substituents is 1. The van der Waals surface area contributed by atoms with Crippen molar-refractivity contribution in [1.29, 1.82) is 0 Å². The molecule has 0 radical (unpaired) electrons. The molecular weight excluding hydrogens is 354 g/mol. The van der Waals surface area contributed by atoms with Crippen molar-refractivity contribution in [2.75, 3.05) is 0 Å². The van der Waals surface area contributed by atoms with Gasteiger partial charge in [0.15, 0.2) is 5.76 Å². The molecule has 0 aliphatic rings. The van der Waals surface area contributed by atoms with Crippen LogP contribution in [0.3, 0.4) is 0 Å². The minimum atomic E-state index is -0.347. The van der Waals surface area contributed by atoms with Gasteiger partial charge in [-0.1, -0.05) is 23.7 Å². The van der Waals surface area contributed by atoms with Gasteiger partial charge in [0.25, 0.3) is 5.56 Å². The Balaban J connectivity index is 1.94. The summed E-state index contributed by atoms with van der Waals surface area (Å²) >= 11 is 5.95. The number of rotatable bonds is 3. The number of halogens is 1. The number of para-hydroxylation sites is 1. The molecule has 6 nitrogen and oxygen atoms in total. The second-order valence-electron chi connectivity index (χ2n) is 5.49. The molecule has 7 heteroatoms. The Morgan fingerprint density at radius 3 is 2.81 bits per heavy atom. The van der Waals surface area contributed by atoms with Crippen molar-refractivity contribution in [3.63, 3.8) is 0 Å². The number of phenols is 1. The maximum Gasteiger partial charge on any atom is 0.282 e. The highest BCUT2D eigenvalue weighted by Crippen LogP contribution is 2.21. The summed E-state index contributed by atoms with van der Waals surface area (Å²) in [7, 11) is 0. The fourth-order valence-corrected chi connectivity index (χ4v) is 2.73. The lowest BCUT2D eigenvalue weighted by atomic mass is 10.2. The van der Waals surface area contributed by atoms with Gasteiger partial charge in [-0.25, -0.2) is 4.98 Å². The lowest BCUT2D eigenvalue weighted by molar-refractivity contribution is 0.474. The molecule has 0 aliphatic heterocycles. The van der Waals surface area contributed by atoms with Gasteiger partial charge < -0.3 is 9.52 Å². The summed E-state index contributed by atoms with van der Waals surface area (Å²) in [6.45, 7) is 0. The normalized spacial score (nSPS) is 11.4. The molecule has 2 aromatic heterocycles. The van der Waals surface area contributed by atoms with E-state index in [-0.39, 0.29) is 17.1 Å². The number of hydrogen-bond acceptors (Lipinski definition) is 5. The summed E-state index contributed by atoms with van der Waals surface area (Å²) in [5.41, 5.74) is 0.573. The molecule has 0 atom stereocenters. The third kappa shape index (κ3) is 2.87. The zero-order chi connectivity index (χ0) is 18.1. The number of aromatic nitrogens is 2. The third-order valence-corrected chi connectivity index (χ3v) is 4.03. The topological polar surface area (TPSA) is 80.6 Å². The highest BCUT2D eigenvalue weighted by molar-refractivity contribution is 6.30. The van der Waals surface area contributed by atoms with Crippen molar-refractivity contribution in [2.24, 2.45) is 5.10 Å². The number of fused-ring (bicyclic) bond motifs is 1. The van der Waals surface area contributed by atoms with E-state index in [1.165, 1.54) is 18.5 Å². The van der Waals surface area contributed by atoms with Gasteiger partial charge in [-0.3, -0.25) is 4.79 Å². The minimum Gasteiger partial charge on any atom is -0.507 e. The standard InChI is InChI=1S/C19H12ClN3O3/c20-13-7-8-16(24)12(10-13)11-21-23-18(17-6-3-9-26-17)22-15-5-2-1-4-14(15)19(23)25/h1-11,24H. The minimum absolute atomic E-state index is 0.000467. The van der Waals surface area contributed by atoms with E-state index in [1.807, 2.05) is 0 Å². The SMILES string of the molecule is O=c1c2ccccc2nc(-c2ccco2)n1N=Cc1cc(Cl)ccc1O. The van der Waals surface area contributed by atoms with Gasteiger partial charge in [-0.05, 0) is 42.5 Å². The Morgan fingerprint density at radius 2 is 2.00 bits per heavy atom. The van der Waals surface area contributed by atoms with Gasteiger partial charge in [0.1, 0.15) is 5.75 Å². The number of aromatic hydroxyl groups is 1. The average Bonchev–Trinajstić information content (AvgIpc) is 3.18. The first kappa shape index (κ1) is 16.1. The van der Waals surface area contributed by atoms with Crippen LogP contribution in [0.2, 0.25) is 5.02 Å². The fourth-order valence-electron chi connectivity index (χ4n) is 2.54. The molecular formula is C19H12ClN3O3. The molecule has 0 spiro atoms. The summed E-state index contributed by atoms with van der Waals surface area (Å²) in [5, 5.41) is 15.0. The van der Waals surface area contributed by atoms with Crippen LogP contribution in [0.25, 0.3) is 22.5 Å². The Morgan fingerprint density at radius 1 is 1.15 bits per heavy atom. The molecule has 26 heavy (non-hydrogen) atoms. The quantitative estimate of drug-likeness (QED) is 0.558. The van der Waals surface area contributed by atoms with Crippen molar-refractivity contribution in [1.82, 2.24) is 9.66 Å². The van der Waals surface area contributed by atoms with Crippen LogP contribution in [0.15, 0.2) is 75.2 Å². The van der Waals surface area contributed by atoms with Gasteiger partial charge in [-0.15, -0.1) is 0 Å². The third-order valence-electron chi connectivity index (χ3n) is 3.80. The van der Waals surface area contributed by atoms with E-state index in [9.17, 15) is 9.90 Å². The second-order valence-corrected chi connectivity index (χ2v) is 5.93. The lowest BCUT2D eigenvalue weighted by Gasteiger charge is -2.07. The summed E-state index contributed by atoms with van der Waals surface area (Å²) in [6.07, 6.45) is 2.85. The summed E-state index contributed by atoms with van der Waals surface area (Å²) in [4.78, 5) is 17.4. The predicted molar refractivity (Wildman–Crippen MR) is 99.8 cm³/mol. The van der Waals surface area contributed by atoms with E-state index >= 15 is 0 Å². The fraction of sp³-hybridized carbons (Fsp3) is 0. The highest BCUT2D eigenvalue weighted by Gasteiger charge is 2.14. The molecule has 128 valence electrons. The molecule has 0 saturated heterocycles. The van der Waals surface area contributed by atoms with Crippen molar-refractivity contribution >= 4 is 28.7 Å². The maximum atomic E-state index is 12.9. The lowest BCUT2D eigenvalue weighted by Crippen LogP contribution is -2.20. The molecule has 0 amide bonds. The smallest absolute Gasteiger partial charge is 0.282 e. The molecule has 0 bridgehead atoms. The van der Waals surface area contributed by atoms with Crippen molar-refractivity contribution in [3.8, 4) is 17.3 Å². The van der Waals surface area contributed by atoms with Gasteiger partial charge in [0.2, 0.25) is 5.82 Å². The predicted octanol–water partition coefficient (Wildman–Crippen LogP) is 3.90. The van der Waals surface area contributed by atoms with Gasteiger partial charge in [0, 0.05) is 10.6 Å². The molecule has 2 aromatic carbocycles. The van der Waals surface area contributed by atoms with Crippen LogP contribution in [0.4, 0.5) is 0 Å². The number of nitrogens with zero attached hydrogens (tertiary/aromatic N) is 3. The Kier molecular flexibility index (Phi) is 4.02. The zero-order valence-electron chi connectivity index (χ0n) is 13.3. The molecule has 0 aliphatic carbocycles. The van der Waals surface area contributed by atoms with Crippen molar-refractivity contribution < 1.29 is 9.52 Å². The molecule has 1 N–H and O–H groups in total. The maximum absolute atomic E-state index is 12.9. The van der Waals surface area contributed by atoms with Crippen LogP contribution >= 0.6 is 11.6 Å². The first-order chi connectivity index (χ1) is 12.6. The molecule has 2 heterocycles. The zero-order valence-corrected chi connectivity index (χ0v) is 14.1. The van der Waals surface area contributed by atoms with Crippen LogP contribution in [0.5, 0.6) is 5.75 Å². The van der Waals surface area contributed by atoms with E-state index in [0.29, 0.717) is 27.2 Å². The molecule has 0 unspecified atom stereocenters. The number of benzene rings is 2. The molecule has 0 saturated carbocycles. The largest absolute Gasteiger partial charge is 0.507 e. The number of furan rings is 1. The Hall–Kier alpha value is -3.38. The van der Waals surface area contributed by atoms with E-state index in [1.54, 1.807) is 48.5 Å². The second kappa shape index (κ2) is 6.50. The average molecular weight is 366 g/mol. The van der Waals surface area contributed by atoms with Gasteiger partial charge in [-0.2, -0.15) is 9.78 Å². The number of hydrogen-bond donors (Lipinski definition) is 1. The van der Waals surface area contributed by atoms with Gasteiger partial charge >= 0.3 is 0 Å². The van der Waals surface area contributed by atoms with Crippen molar-refractivity contribution in [2.45, 2.75) is 0 Å². The van der Waals surface area contributed by atoms with E-state index in [4.69, 9.17) is 16.0 Å². The van der Waals surface area contributed by atoms with Gasteiger partial charge in [0.05, 0.1) is 23.4 Å². The Bertz CT molecular complexity index is 1180.